The van der Waals surface area contributed by atoms with E-state index in [1.807, 2.05) is 26.0 Å². The number of hydrogen-bond donors (Lipinski definition) is 0. The van der Waals surface area contributed by atoms with Crippen LogP contribution in [0.25, 0.3) is 0 Å². The summed E-state index contributed by atoms with van der Waals surface area (Å²) in [5, 5.41) is 0. The van der Waals surface area contributed by atoms with Crippen molar-refractivity contribution in [1.82, 2.24) is 0 Å². The van der Waals surface area contributed by atoms with E-state index in [4.69, 9.17) is 4.74 Å². The first-order chi connectivity index (χ1) is 6.72. The van der Waals surface area contributed by atoms with Crippen molar-refractivity contribution < 1.29 is 4.74 Å². The largest absolute Gasteiger partial charge is 0.497 e. The van der Waals surface area contributed by atoms with Crippen LogP contribution in [0.4, 0.5) is 0 Å². The van der Waals surface area contributed by atoms with E-state index in [1.165, 1.54) is 5.56 Å². The third-order valence-electron chi connectivity index (χ3n) is 1.80. The van der Waals surface area contributed by atoms with Crippen molar-refractivity contribution in [3.63, 3.8) is 0 Å². The minimum Gasteiger partial charge on any atom is -0.497 e. The summed E-state index contributed by atoms with van der Waals surface area (Å²) in [7, 11) is 1.69. The maximum absolute atomic E-state index is 5.07. The van der Waals surface area contributed by atoms with Crippen LogP contribution in [0.1, 0.15) is 33.3 Å². The summed E-state index contributed by atoms with van der Waals surface area (Å²) in [5.41, 5.74) is 1.38. The van der Waals surface area contributed by atoms with Gasteiger partial charge in [-0.15, -0.1) is 0 Å². The Balaban J connectivity index is 0.000000791. The molecule has 0 saturated carbocycles. The van der Waals surface area contributed by atoms with Crippen molar-refractivity contribution in [2.45, 2.75) is 34.1 Å². The molecule has 0 unspecified atom stereocenters. The Hall–Kier alpha value is -0.980. The second kappa shape index (κ2) is 7.43. The van der Waals surface area contributed by atoms with Gasteiger partial charge in [0.2, 0.25) is 0 Å². The molecular weight excluding hydrogens is 172 g/mol. The Labute approximate surface area is 88.1 Å². The lowest BCUT2D eigenvalue weighted by molar-refractivity contribution is 0.414. The van der Waals surface area contributed by atoms with Crippen LogP contribution in [-0.2, 0) is 6.42 Å². The summed E-state index contributed by atoms with van der Waals surface area (Å²) < 4.78 is 5.07. The molecule has 1 rings (SSSR count). The van der Waals surface area contributed by atoms with E-state index in [9.17, 15) is 0 Å². The van der Waals surface area contributed by atoms with Crippen LogP contribution in [0.15, 0.2) is 24.3 Å². The van der Waals surface area contributed by atoms with E-state index in [1.54, 1.807) is 7.11 Å². The van der Waals surface area contributed by atoms with Crippen LogP contribution in [0.2, 0.25) is 0 Å². The molecule has 0 radical (unpaired) electrons. The first kappa shape index (κ1) is 13.0. The van der Waals surface area contributed by atoms with Crippen molar-refractivity contribution >= 4 is 0 Å². The molecule has 80 valence electrons. The molecule has 1 heteroatoms. The smallest absolute Gasteiger partial charge is 0.118 e. The lowest BCUT2D eigenvalue weighted by atomic mass is 10.0. The lowest BCUT2D eigenvalue weighted by Gasteiger charge is -2.05. The molecule has 1 nitrogen and oxygen atoms in total. The van der Waals surface area contributed by atoms with Gasteiger partial charge in [-0.05, 0) is 30.0 Å². The van der Waals surface area contributed by atoms with Crippen LogP contribution in [0.3, 0.4) is 0 Å². The SMILES string of the molecule is CC.COc1ccc(CC(C)C)cc1. The molecular formula is C13H22O. The molecule has 0 atom stereocenters. The van der Waals surface area contributed by atoms with Crippen molar-refractivity contribution in [2.24, 2.45) is 5.92 Å². The summed E-state index contributed by atoms with van der Waals surface area (Å²) >= 11 is 0. The van der Waals surface area contributed by atoms with E-state index in [-0.39, 0.29) is 0 Å². The molecule has 0 aliphatic carbocycles. The molecule has 0 heterocycles. The number of methoxy groups -OCH3 is 1. The molecule has 0 N–H and O–H groups in total. The Kier molecular flexibility index (Phi) is 6.91. The molecule has 0 fully saturated rings. The van der Waals surface area contributed by atoms with Gasteiger partial charge < -0.3 is 4.74 Å². The van der Waals surface area contributed by atoms with Gasteiger partial charge in [0.25, 0.3) is 0 Å². The number of ether oxygens (including phenoxy) is 1. The molecule has 1 aromatic carbocycles. The van der Waals surface area contributed by atoms with Crippen LogP contribution in [0, 0.1) is 5.92 Å². The highest BCUT2D eigenvalue weighted by Crippen LogP contribution is 2.13. The van der Waals surface area contributed by atoms with Gasteiger partial charge >= 0.3 is 0 Å². The van der Waals surface area contributed by atoms with Crippen molar-refractivity contribution in [3.05, 3.63) is 29.8 Å². The van der Waals surface area contributed by atoms with E-state index < -0.39 is 0 Å². The Morgan fingerprint density at radius 2 is 1.57 bits per heavy atom. The van der Waals surface area contributed by atoms with E-state index in [2.05, 4.69) is 26.0 Å². The molecule has 0 bridgehead atoms. The fourth-order valence-electron chi connectivity index (χ4n) is 1.23. The normalized spacial score (nSPS) is 9.29. The van der Waals surface area contributed by atoms with Gasteiger partial charge in [-0.1, -0.05) is 39.8 Å². The van der Waals surface area contributed by atoms with E-state index in [0.717, 1.165) is 18.1 Å². The summed E-state index contributed by atoms with van der Waals surface area (Å²) in [5.74, 6) is 1.65. The first-order valence-electron chi connectivity index (χ1n) is 5.35. The highest BCUT2D eigenvalue weighted by Gasteiger charge is 1.97. The molecule has 0 saturated heterocycles. The van der Waals surface area contributed by atoms with Crippen LogP contribution >= 0.6 is 0 Å². The zero-order valence-corrected chi connectivity index (χ0v) is 10.0. The Morgan fingerprint density at radius 3 is 1.93 bits per heavy atom. The molecule has 1 aromatic rings. The summed E-state index contributed by atoms with van der Waals surface area (Å²) in [6.45, 7) is 8.45. The number of rotatable bonds is 3. The predicted molar refractivity (Wildman–Crippen MR) is 62.9 cm³/mol. The predicted octanol–water partition coefficient (Wildman–Crippen LogP) is 3.92. The monoisotopic (exact) mass is 194 g/mol. The van der Waals surface area contributed by atoms with Gasteiger partial charge in [0.05, 0.1) is 7.11 Å². The molecule has 0 aliphatic heterocycles. The fourth-order valence-corrected chi connectivity index (χ4v) is 1.23. The molecule has 0 amide bonds. The first-order valence-corrected chi connectivity index (χ1v) is 5.35. The van der Waals surface area contributed by atoms with Gasteiger partial charge in [0, 0.05) is 0 Å². The van der Waals surface area contributed by atoms with Crippen molar-refractivity contribution in [1.29, 1.82) is 0 Å². The second-order valence-electron chi connectivity index (χ2n) is 3.45. The minimum atomic E-state index is 0.721. The zero-order valence-electron chi connectivity index (χ0n) is 10.0. The zero-order chi connectivity index (χ0) is 11.0. The van der Waals surface area contributed by atoms with Gasteiger partial charge in [-0.3, -0.25) is 0 Å². The van der Waals surface area contributed by atoms with Gasteiger partial charge in [0.15, 0.2) is 0 Å². The van der Waals surface area contributed by atoms with E-state index in [0.29, 0.717) is 0 Å². The molecule has 14 heavy (non-hydrogen) atoms. The fraction of sp³-hybridized carbons (Fsp3) is 0.538. The average molecular weight is 194 g/mol. The topological polar surface area (TPSA) is 9.23 Å². The highest BCUT2D eigenvalue weighted by atomic mass is 16.5. The van der Waals surface area contributed by atoms with Gasteiger partial charge in [-0.2, -0.15) is 0 Å². The minimum absolute atomic E-state index is 0.721. The third kappa shape index (κ3) is 4.90. The van der Waals surface area contributed by atoms with Gasteiger partial charge in [0.1, 0.15) is 5.75 Å². The van der Waals surface area contributed by atoms with E-state index >= 15 is 0 Å². The van der Waals surface area contributed by atoms with Gasteiger partial charge in [-0.25, -0.2) is 0 Å². The van der Waals surface area contributed by atoms with Crippen LogP contribution < -0.4 is 4.74 Å². The highest BCUT2D eigenvalue weighted by molar-refractivity contribution is 5.27. The average Bonchev–Trinajstić information content (AvgIpc) is 2.21. The lowest BCUT2D eigenvalue weighted by Crippen LogP contribution is -1.93. The maximum Gasteiger partial charge on any atom is 0.118 e. The molecule has 0 aliphatic rings. The second-order valence-corrected chi connectivity index (χ2v) is 3.45. The molecule has 0 spiro atoms. The summed E-state index contributed by atoms with van der Waals surface area (Å²) in [4.78, 5) is 0. The Bertz CT molecular complexity index is 223. The number of benzene rings is 1. The third-order valence-corrected chi connectivity index (χ3v) is 1.80. The Morgan fingerprint density at radius 1 is 1.07 bits per heavy atom. The quantitative estimate of drug-likeness (QED) is 0.708. The maximum atomic E-state index is 5.07. The number of hydrogen-bond acceptors (Lipinski definition) is 1. The van der Waals surface area contributed by atoms with Crippen LogP contribution in [-0.4, -0.2) is 7.11 Å². The van der Waals surface area contributed by atoms with Crippen molar-refractivity contribution in [3.8, 4) is 5.75 Å². The van der Waals surface area contributed by atoms with Crippen molar-refractivity contribution in [2.75, 3.05) is 7.11 Å². The van der Waals surface area contributed by atoms with Crippen LogP contribution in [0.5, 0.6) is 5.75 Å². The summed E-state index contributed by atoms with van der Waals surface area (Å²) in [6, 6.07) is 8.27. The standard InChI is InChI=1S/C11H16O.C2H6/c1-9(2)8-10-4-6-11(12-3)7-5-10;1-2/h4-7,9H,8H2,1-3H3;1-2H3. The summed E-state index contributed by atoms with van der Waals surface area (Å²) in [6.07, 6.45) is 1.14. The molecule has 0 aromatic heterocycles.